The largest absolute Gasteiger partial charge is 0.482 e. The molecule has 11 atom stereocenters. The molecule has 15 heteroatoms. The third kappa shape index (κ3) is 7.27. The number of hydrogen-bond acceptors (Lipinski definition) is 15. The zero-order valence-corrected chi connectivity index (χ0v) is 44.4. The number of carbonyl (C=O) groups is 3. The quantitative estimate of drug-likeness (QED) is 0.106. The van der Waals surface area contributed by atoms with Crippen LogP contribution in [0.25, 0.3) is 17.5 Å². The monoisotopic (exact) mass is 1010 g/mol. The molecule has 6 aliphatic heterocycles. The molecule has 4 aliphatic carbocycles. The van der Waals surface area contributed by atoms with E-state index >= 15 is 9.59 Å². The van der Waals surface area contributed by atoms with Crippen molar-refractivity contribution >= 4 is 35.0 Å². The van der Waals surface area contributed by atoms with Gasteiger partial charge in [0, 0.05) is 70.7 Å². The van der Waals surface area contributed by atoms with Crippen molar-refractivity contribution in [2.45, 2.75) is 160 Å². The van der Waals surface area contributed by atoms with Gasteiger partial charge in [0.15, 0.2) is 28.6 Å². The van der Waals surface area contributed by atoms with E-state index in [1.807, 2.05) is 71.0 Å². The minimum Gasteiger partial charge on any atom is -0.482 e. The number of esters is 1. The fourth-order valence-corrected chi connectivity index (χ4v) is 13.8. The number of ketones is 2. The van der Waals surface area contributed by atoms with Gasteiger partial charge in [-0.25, -0.2) is 4.79 Å². The van der Waals surface area contributed by atoms with Crippen LogP contribution < -0.4 is 19.9 Å². The number of ether oxygens (including phenoxy) is 8. The van der Waals surface area contributed by atoms with Gasteiger partial charge in [0.25, 0.3) is 0 Å². The third-order valence-corrected chi connectivity index (χ3v) is 17.0. The highest BCUT2D eigenvalue weighted by Gasteiger charge is 2.84. The lowest BCUT2D eigenvalue weighted by atomic mass is 9.44. The van der Waals surface area contributed by atoms with Gasteiger partial charge >= 0.3 is 5.97 Å². The lowest BCUT2D eigenvalue weighted by Crippen LogP contribution is -2.75. The van der Waals surface area contributed by atoms with Gasteiger partial charge in [-0.3, -0.25) is 9.59 Å². The fourth-order valence-electron chi connectivity index (χ4n) is 13.8. The number of rotatable bonds is 12. The third-order valence-electron chi connectivity index (χ3n) is 17.0. The predicted octanol–water partition coefficient (Wildman–Crippen LogP) is 7.70. The van der Waals surface area contributed by atoms with E-state index in [9.17, 15) is 15.0 Å². The van der Waals surface area contributed by atoms with Gasteiger partial charge in [-0.15, -0.1) is 0 Å². The lowest BCUT2D eigenvalue weighted by Gasteiger charge is -2.63. The topological polar surface area (TPSA) is 195 Å². The number of fused-ring (bicyclic) bond motifs is 6. The van der Waals surface area contributed by atoms with Crippen LogP contribution in [0.2, 0.25) is 0 Å². The lowest BCUT2D eigenvalue weighted by molar-refractivity contribution is -0.373. The minimum atomic E-state index is -1.71. The summed E-state index contributed by atoms with van der Waals surface area (Å²) in [6, 6.07) is 7.53. The SMILES string of the molecule is COC(=O)C(C)=CCC12OC(C)(C)C3CC(C1=O)C1C4=C(c5ccccc5C4=O)N(CCN)C4=C1C32Oc1c(CC=C(C)C)c2c(c(O[C@@H]3O[C@@H]5COC(C)(C)O[C@H]5[C@H](O)[C@H]3O)c14)C=CC(C)(CCC=C(C)C)O2. The Morgan fingerprint density at radius 2 is 1.66 bits per heavy atom. The summed E-state index contributed by atoms with van der Waals surface area (Å²) < 4.78 is 54.0. The van der Waals surface area contributed by atoms with Crippen molar-refractivity contribution in [2.24, 2.45) is 23.5 Å². The van der Waals surface area contributed by atoms with Gasteiger partial charge in [0.1, 0.15) is 47.3 Å². The molecule has 10 aliphatic rings. The first kappa shape index (κ1) is 50.8. The van der Waals surface area contributed by atoms with E-state index in [0.717, 1.165) is 17.6 Å². The zero-order chi connectivity index (χ0) is 52.8. The molecule has 12 rings (SSSR count). The maximum atomic E-state index is 16.2. The van der Waals surface area contributed by atoms with Gasteiger partial charge in [0.2, 0.25) is 6.29 Å². The van der Waals surface area contributed by atoms with E-state index in [2.05, 4.69) is 30.9 Å². The zero-order valence-electron chi connectivity index (χ0n) is 44.4. The molecule has 6 unspecified atom stereocenters. The highest BCUT2D eigenvalue weighted by Crippen LogP contribution is 2.75. The Labute approximate surface area is 433 Å². The predicted molar refractivity (Wildman–Crippen MR) is 275 cm³/mol. The molecule has 2 aromatic carbocycles. The smallest absolute Gasteiger partial charge is 0.333 e. The molecule has 15 nitrogen and oxygen atoms in total. The van der Waals surface area contributed by atoms with Crippen molar-refractivity contribution in [3.63, 3.8) is 0 Å². The number of Topliss-reactive ketones (excluding diaryl/α,β-unsaturated/α-hetero) is 2. The van der Waals surface area contributed by atoms with E-state index in [4.69, 9.17) is 43.6 Å². The minimum absolute atomic E-state index is 0.0399. The number of allylic oxidation sites excluding steroid dienone is 5. The van der Waals surface area contributed by atoms with Crippen LogP contribution in [0.15, 0.2) is 76.4 Å². The molecule has 3 saturated carbocycles. The summed E-state index contributed by atoms with van der Waals surface area (Å²) in [6.45, 7) is 19.8. The fraction of sp³-hybridized carbons (Fsp3) is 0.542. The Bertz CT molecular complexity index is 2970. The average molecular weight is 1020 g/mol. The maximum absolute atomic E-state index is 16.2. The normalized spacial score (nSPS) is 34.1. The molecule has 0 amide bonds. The molecular formula is C59H70N2O13. The van der Waals surface area contributed by atoms with Crippen molar-refractivity contribution in [3.05, 3.63) is 104 Å². The molecule has 0 aromatic heterocycles. The van der Waals surface area contributed by atoms with Crippen LogP contribution >= 0.6 is 0 Å². The van der Waals surface area contributed by atoms with Gasteiger partial charge in [0.05, 0.1) is 41.8 Å². The number of nitrogens with zero attached hydrogens (tertiary/aromatic N) is 1. The standard InChI is InChI=1S/C59H70N2O13/c1-29(2)15-14-22-57(10)23-21-35-48(72-57)34(19-18-30(3)4)50-41(49(35)70-54-47(64)46(63)51-37(69-54)28-68-56(8,9)71-51)44-42-39(40-43(61(44)26-25-60)32-16-12-13-17-33(32)45(40)62)36-27-38-55(6,7)74-58(52(36)65,59(38,42)73-50)24-20-31(5)53(66)67-11/h12-13,15-18,20-21,23,36-39,46-47,51,54,63-64H,14,19,22,24-28,60H2,1-11H3/t36?,37-,38?,39?,46-,47-,51-,54+,57?,58?,59?/m1/s1. The average Bonchev–Trinajstić information content (AvgIpc) is 3.91. The first-order valence-electron chi connectivity index (χ1n) is 26.2. The number of aliphatic hydroxyl groups excluding tert-OH is 2. The molecule has 1 spiro atoms. The molecule has 394 valence electrons. The second kappa shape index (κ2) is 17.6. The molecular weight excluding hydrogens is 945 g/mol. The number of nitrogens with two attached hydrogens (primary N) is 1. The first-order valence-corrected chi connectivity index (χ1v) is 26.2. The molecule has 4 bridgehead atoms. The summed E-state index contributed by atoms with van der Waals surface area (Å²) in [5.74, 6) is -2.84. The van der Waals surface area contributed by atoms with Crippen LogP contribution in [0.1, 0.15) is 128 Å². The number of aliphatic hydroxyl groups is 2. The van der Waals surface area contributed by atoms with E-state index in [-0.39, 0.29) is 43.4 Å². The van der Waals surface area contributed by atoms with Gasteiger partial charge in [-0.05, 0) is 107 Å². The Kier molecular flexibility index (Phi) is 12.1. The molecule has 2 aromatic rings. The van der Waals surface area contributed by atoms with Crippen LogP contribution in [0.5, 0.6) is 17.2 Å². The molecule has 0 radical (unpaired) electrons. The van der Waals surface area contributed by atoms with Crippen molar-refractivity contribution in [1.29, 1.82) is 0 Å². The Balaban J connectivity index is 1.24. The number of hydrogen-bond donors (Lipinski definition) is 3. The van der Waals surface area contributed by atoms with Gasteiger partial charge in [-0.2, -0.15) is 0 Å². The molecule has 4 N–H and O–H groups in total. The van der Waals surface area contributed by atoms with Crippen LogP contribution in [0.3, 0.4) is 0 Å². The molecule has 74 heavy (non-hydrogen) atoms. The summed E-state index contributed by atoms with van der Waals surface area (Å²) in [7, 11) is 1.32. The highest BCUT2D eigenvalue weighted by molar-refractivity contribution is 6.23. The van der Waals surface area contributed by atoms with E-state index < -0.39 is 82.6 Å². The summed E-state index contributed by atoms with van der Waals surface area (Å²) >= 11 is 0. The van der Waals surface area contributed by atoms with E-state index in [0.29, 0.717) is 81.1 Å². The van der Waals surface area contributed by atoms with E-state index in [1.165, 1.54) is 12.7 Å². The number of methoxy groups -OCH3 is 1. The second-order valence-electron chi connectivity index (χ2n) is 23.3. The number of carbonyl (C=O) groups excluding carboxylic acids is 3. The van der Waals surface area contributed by atoms with Crippen molar-refractivity contribution < 1.29 is 62.5 Å². The Morgan fingerprint density at radius 1 is 0.932 bits per heavy atom. The van der Waals surface area contributed by atoms with Crippen molar-refractivity contribution in [3.8, 4) is 17.2 Å². The Hall–Kier alpha value is -5.39. The van der Waals surface area contributed by atoms with Gasteiger partial charge in [-0.1, -0.05) is 53.6 Å². The summed E-state index contributed by atoms with van der Waals surface area (Å²) in [6.07, 6.45) is 5.80. The Morgan fingerprint density at radius 3 is 2.36 bits per heavy atom. The summed E-state index contributed by atoms with van der Waals surface area (Å²) in [4.78, 5) is 46.7. The van der Waals surface area contributed by atoms with Crippen LogP contribution in [-0.2, 0) is 39.7 Å². The van der Waals surface area contributed by atoms with Crippen LogP contribution in [0, 0.1) is 17.8 Å². The van der Waals surface area contributed by atoms with Crippen molar-refractivity contribution in [2.75, 3.05) is 26.8 Å². The summed E-state index contributed by atoms with van der Waals surface area (Å²) in [5, 5.41) is 24.0. The summed E-state index contributed by atoms with van der Waals surface area (Å²) in [5.41, 5.74) is 9.61. The van der Waals surface area contributed by atoms with Crippen LogP contribution in [0.4, 0.5) is 0 Å². The molecule has 6 heterocycles. The second-order valence-corrected chi connectivity index (χ2v) is 23.3. The van der Waals surface area contributed by atoms with Gasteiger partial charge < -0.3 is 58.7 Å². The van der Waals surface area contributed by atoms with Crippen LogP contribution in [-0.4, -0.2) is 118 Å². The van der Waals surface area contributed by atoms with E-state index in [1.54, 1.807) is 26.8 Å². The molecule has 6 fully saturated rings. The van der Waals surface area contributed by atoms with Crippen molar-refractivity contribution in [1.82, 2.24) is 4.90 Å². The molecule has 3 saturated heterocycles. The highest BCUT2D eigenvalue weighted by atomic mass is 16.8. The maximum Gasteiger partial charge on any atom is 0.333 e. The first-order chi connectivity index (χ1) is 35.0. The number of benzene rings is 2.